The Morgan fingerprint density at radius 3 is 2.85 bits per heavy atom. The van der Waals surface area contributed by atoms with Crippen LogP contribution >= 0.6 is 0 Å². The highest BCUT2D eigenvalue weighted by molar-refractivity contribution is 5.75. The van der Waals surface area contributed by atoms with Crippen LogP contribution in [0.2, 0.25) is 0 Å². The average Bonchev–Trinajstić information content (AvgIpc) is 3.16. The molecule has 1 fully saturated rings. The van der Waals surface area contributed by atoms with Gasteiger partial charge in [-0.15, -0.1) is 0 Å². The molecule has 1 aromatic rings. The summed E-state index contributed by atoms with van der Waals surface area (Å²) in [7, 11) is 0. The van der Waals surface area contributed by atoms with Gasteiger partial charge in [0.15, 0.2) is 0 Å². The number of aromatic nitrogens is 2. The van der Waals surface area contributed by atoms with E-state index >= 15 is 0 Å². The van der Waals surface area contributed by atoms with Gasteiger partial charge < -0.3 is 10.6 Å². The highest BCUT2D eigenvalue weighted by Gasteiger charge is 2.21. The first-order valence-corrected chi connectivity index (χ1v) is 7.15. The second kappa shape index (κ2) is 6.54. The summed E-state index contributed by atoms with van der Waals surface area (Å²) >= 11 is 0. The Bertz CT molecular complexity index is 520. The van der Waals surface area contributed by atoms with E-state index in [9.17, 15) is 9.59 Å². The first kappa shape index (κ1) is 14.6. The molecule has 0 unspecified atom stereocenters. The molecule has 0 saturated heterocycles. The van der Waals surface area contributed by atoms with Crippen molar-refractivity contribution < 1.29 is 4.79 Å². The standard InChI is InChI=1S/C14H22N4O2/c1-10(2)5-6-15-13(19)9-18-14(20)7-12(8-16-18)17-11-3-4-11/h7-8,10-11,17H,3-6,9H2,1-2H3,(H,15,19). The fraction of sp³-hybridized carbons (Fsp3) is 0.643. The van der Waals surface area contributed by atoms with E-state index in [1.807, 2.05) is 0 Å². The molecular weight excluding hydrogens is 256 g/mol. The summed E-state index contributed by atoms with van der Waals surface area (Å²) in [5.74, 6) is 0.368. The quantitative estimate of drug-likeness (QED) is 0.779. The van der Waals surface area contributed by atoms with E-state index in [2.05, 4.69) is 29.6 Å². The highest BCUT2D eigenvalue weighted by atomic mass is 16.2. The van der Waals surface area contributed by atoms with Crippen molar-refractivity contribution in [3.05, 3.63) is 22.6 Å². The van der Waals surface area contributed by atoms with E-state index in [1.165, 1.54) is 10.7 Å². The van der Waals surface area contributed by atoms with Gasteiger partial charge in [0, 0.05) is 18.7 Å². The number of rotatable bonds is 7. The SMILES string of the molecule is CC(C)CCNC(=O)Cn1ncc(NC2CC2)cc1=O. The van der Waals surface area contributed by atoms with E-state index in [1.54, 1.807) is 6.20 Å². The predicted molar refractivity (Wildman–Crippen MR) is 77.6 cm³/mol. The zero-order valence-electron chi connectivity index (χ0n) is 12.1. The minimum absolute atomic E-state index is 0.0271. The lowest BCUT2D eigenvalue weighted by Crippen LogP contribution is -2.34. The molecule has 0 spiro atoms. The molecule has 2 rings (SSSR count). The normalized spacial score (nSPS) is 14.3. The molecule has 6 heteroatoms. The molecule has 0 radical (unpaired) electrons. The van der Waals surface area contributed by atoms with Crippen molar-refractivity contribution >= 4 is 11.6 Å². The fourth-order valence-corrected chi connectivity index (χ4v) is 1.79. The Morgan fingerprint density at radius 2 is 2.25 bits per heavy atom. The molecule has 1 aromatic heterocycles. The molecule has 0 aromatic carbocycles. The van der Waals surface area contributed by atoms with Crippen molar-refractivity contribution in [3.63, 3.8) is 0 Å². The van der Waals surface area contributed by atoms with E-state index in [-0.39, 0.29) is 18.0 Å². The summed E-state index contributed by atoms with van der Waals surface area (Å²) in [5, 5.41) is 10.0. The minimum Gasteiger partial charge on any atom is -0.381 e. The first-order chi connectivity index (χ1) is 9.54. The number of hydrogen-bond acceptors (Lipinski definition) is 4. The van der Waals surface area contributed by atoms with E-state index in [0.29, 0.717) is 18.5 Å². The fourth-order valence-electron chi connectivity index (χ4n) is 1.79. The maximum atomic E-state index is 11.8. The maximum Gasteiger partial charge on any atom is 0.269 e. The molecule has 1 aliphatic rings. The van der Waals surface area contributed by atoms with Gasteiger partial charge in [-0.25, -0.2) is 4.68 Å². The van der Waals surface area contributed by atoms with Crippen LogP contribution in [-0.2, 0) is 11.3 Å². The molecule has 6 nitrogen and oxygen atoms in total. The van der Waals surface area contributed by atoms with Crippen LogP contribution in [0.3, 0.4) is 0 Å². The molecule has 20 heavy (non-hydrogen) atoms. The Hall–Kier alpha value is -1.85. The summed E-state index contributed by atoms with van der Waals surface area (Å²) in [4.78, 5) is 23.5. The van der Waals surface area contributed by atoms with Crippen LogP contribution in [0.4, 0.5) is 5.69 Å². The van der Waals surface area contributed by atoms with Gasteiger partial charge in [0.1, 0.15) is 6.54 Å². The van der Waals surface area contributed by atoms with Gasteiger partial charge in [0.2, 0.25) is 5.91 Å². The maximum absolute atomic E-state index is 11.8. The average molecular weight is 278 g/mol. The summed E-state index contributed by atoms with van der Waals surface area (Å²) in [6.07, 6.45) is 4.81. The van der Waals surface area contributed by atoms with Gasteiger partial charge in [0.25, 0.3) is 5.56 Å². The molecule has 1 amide bonds. The highest BCUT2D eigenvalue weighted by Crippen LogP contribution is 2.23. The molecule has 2 N–H and O–H groups in total. The predicted octanol–water partition coefficient (Wildman–Crippen LogP) is 0.980. The third-order valence-corrected chi connectivity index (χ3v) is 3.15. The zero-order valence-corrected chi connectivity index (χ0v) is 12.1. The molecule has 110 valence electrons. The Labute approximate surface area is 118 Å². The van der Waals surface area contributed by atoms with Crippen LogP contribution in [0, 0.1) is 5.92 Å². The molecular formula is C14H22N4O2. The summed E-state index contributed by atoms with van der Waals surface area (Å²) in [6, 6.07) is 1.97. The monoisotopic (exact) mass is 278 g/mol. The minimum atomic E-state index is -0.255. The lowest BCUT2D eigenvalue weighted by Gasteiger charge is -2.09. The number of anilines is 1. The Kier molecular flexibility index (Phi) is 4.76. The van der Waals surface area contributed by atoms with E-state index in [0.717, 1.165) is 24.9 Å². The summed E-state index contributed by atoms with van der Waals surface area (Å²) in [5.41, 5.74) is 0.476. The molecule has 1 heterocycles. The van der Waals surface area contributed by atoms with Gasteiger partial charge in [-0.1, -0.05) is 13.8 Å². The zero-order chi connectivity index (χ0) is 14.5. The molecule has 0 atom stereocenters. The van der Waals surface area contributed by atoms with Gasteiger partial charge in [-0.3, -0.25) is 9.59 Å². The van der Waals surface area contributed by atoms with Crippen LogP contribution < -0.4 is 16.2 Å². The lowest BCUT2D eigenvalue weighted by molar-refractivity contribution is -0.121. The lowest BCUT2D eigenvalue weighted by atomic mass is 10.1. The molecule has 1 saturated carbocycles. The number of carbonyl (C=O) groups excluding carboxylic acids is 1. The van der Waals surface area contributed by atoms with Gasteiger partial charge in [-0.05, 0) is 25.2 Å². The number of nitrogens with zero attached hydrogens (tertiary/aromatic N) is 2. The largest absolute Gasteiger partial charge is 0.381 e. The topological polar surface area (TPSA) is 76.0 Å². The molecule has 1 aliphatic carbocycles. The summed E-state index contributed by atoms with van der Waals surface area (Å²) in [6.45, 7) is 4.81. The second-order valence-electron chi connectivity index (χ2n) is 5.69. The van der Waals surface area contributed by atoms with Crippen LogP contribution in [0.5, 0.6) is 0 Å². The Morgan fingerprint density at radius 1 is 1.50 bits per heavy atom. The van der Waals surface area contributed by atoms with Crippen molar-refractivity contribution in [2.75, 3.05) is 11.9 Å². The first-order valence-electron chi connectivity index (χ1n) is 7.15. The van der Waals surface area contributed by atoms with Crippen LogP contribution in [0.15, 0.2) is 17.1 Å². The molecule has 0 aliphatic heterocycles. The van der Waals surface area contributed by atoms with Crippen molar-refractivity contribution in [1.82, 2.24) is 15.1 Å². The third kappa shape index (κ3) is 4.68. The van der Waals surface area contributed by atoms with Crippen molar-refractivity contribution in [2.45, 2.75) is 45.7 Å². The number of nitrogens with one attached hydrogen (secondary N) is 2. The van der Waals surface area contributed by atoms with Gasteiger partial charge in [0.05, 0.1) is 11.9 Å². The van der Waals surface area contributed by atoms with E-state index < -0.39 is 0 Å². The van der Waals surface area contributed by atoms with Crippen LogP contribution in [0.1, 0.15) is 33.1 Å². The number of amides is 1. The number of carbonyl (C=O) groups is 1. The van der Waals surface area contributed by atoms with Crippen LogP contribution in [-0.4, -0.2) is 28.3 Å². The van der Waals surface area contributed by atoms with Gasteiger partial charge in [-0.2, -0.15) is 5.10 Å². The Balaban J connectivity index is 1.85. The van der Waals surface area contributed by atoms with Crippen molar-refractivity contribution in [3.8, 4) is 0 Å². The van der Waals surface area contributed by atoms with Crippen LogP contribution in [0.25, 0.3) is 0 Å². The molecule has 0 bridgehead atoms. The smallest absolute Gasteiger partial charge is 0.269 e. The second-order valence-corrected chi connectivity index (χ2v) is 5.69. The van der Waals surface area contributed by atoms with Crippen molar-refractivity contribution in [2.24, 2.45) is 5.92 Å². The summed E-state index contributed by atoms with van der Waals surface area (Å²) < 4.78 is 1.18. The van der Waals surface area contributed by atoms with Crippen molar-refractivity contribution in [1.29, 1.82) is 0 Å². The van der Waals surface area contributed by atoms with E-state index in [4.69, 9.17) is 0 Å². The third-order valence-electron chi connectivity index (χ3n) is 3.15. The number of hydrogen-bond donors (Lipinski definition) is 2. The van der Waals surface area contributed by atoms with Gasteiger partial charge >= 0.3 is 0 Å².